The number of hydrogen-bond donors (Lipinski definition) is 2. The number of rotatable bonds is 5. The molecule has 2 N–H and O–H groups in total. The molecule has 0 radical (unpaired) electrons. The number of anilines is 2. The van der Waals surface area contributed by atoms with E-state index >= 15 is 0 Å². The molecule has 0 atom stereocenters. The first-order valence-corrected chi connectivity index (χ1v) is 10.8. The fourth-order valence-electron chi connectivity index (χ4n) is 4.32. The van der Waals surface area contributed by atoms with Gasteiger partial charge in [-0.2, -0.15) is 10.1 Å². The molecule has 1 aliphatic heterocycles. The molecular weight excluding hydrogens is 414 g/mol. The van der Waals surface area contributed by atoms with Crippen LogP contribution < -0.4 is 10.1 Å². The van der Waals surface area contributed by atoms with E-state index in [4.69, 9.17) is 14.7 Å². The smallest absolute Gasteiger partial charge is 0.236 e. The van der Waals surface area contributed by atoms with Gasteiger partial charge in [-0.15, -0.1) is 0 Å². The minimum absolute atomic E-state index is 0.654. The molecule has 0 unspecified atom stereocenters. The van der Waals surface area contributed by atoms with Gasteiger partial charge in [0.25, 0.3) is 0 Å². The van der Waals surface area contributed by atoms with Gasteiger partial charge in [0.2, 0.25) is 5.95 Å². The Kier molecular flexibility index (Phi) is 4.58. The number of nitrogens with zero attached hydrogens (tertiary/aromatic N) is 5. The topological polar surface area (TPSA) is 83.9 Å². The number of fused-ring (bicyclic) bond motifs is 2. The summed E-state index contributed by atoms with van der Waals surface area (Å²) in [6.45, 7) is 1.61. The molecule has 1 aliphatic rings. The van der Waals surface area contributed by atoms with Crippen LogP contribution in [0.1, 0.15) is 11.3 Å². The van der Waals surface area contributed by atoms with Crippen molar-refractivity contribution in [2.24, 2.45) is 0 Å². The van der Waals surface area contributed by atoms with Crippen LogP contribution in [0.25, 0.3) is 28.0 Å². The number of nitrogens with one attached hydrogen (secondary N) is 2. The van der Waals surface area contributed by atoms with Crippen molar-refractivity contribution in [2.45, 2.75) is 13.1 Å². The Morgan fingerprint density at radius 2 is 1.88 bits per heavy atom. The molecule has 0 spiro atoms. The van der Waals surface area contributed by atoms with Crippen LogP contribution in [0.4, 0.5) is 11.5 Å². The Hall–Kier alpha value is -4.17. The molecule has 33 heavy (non-hydrogen) atoms. The van der Waals surface area contributed by atoms with Gasteiger partial charge in [-0.1, -0.05) is 12.1 Å². The van der Waals surface area contributed by atoms with Crippen LogP contribution in [0, 0.1) is 0 Å². The van der Waals surface area contributed by atoms with E-state index in [0.717, 1.165) is 63.6 Å². The van der Waals surface area contributed by atoms with Crippen molar-refractivity contribution >= 4 is 22.4 Å². The van der Waals surface area contributed by atoms with Gasteiger partial charge in [-0.25, -0.2) is 4.98 Å². The van der Waals surface area contributed by atoms with Crippen molar-refractivity contribution in [1.82, 2.24) is 29.6 Å². The van der Waals surface area contributed by atoms with Crippen LogP contribution in [0.5, 0.6) is 5.75 Å². The SMILES string of the molecule is COc1ccc2c(ccn2-c2nc3c(c(Nc4ccc(-c5cn[nH]c5)cc4)n2)CN(C)C3)c1. The van der Waals surface area contributed by atoms with Crippen LogP contribution in [0.15, 0.2) is 67.1 Å². The average molecular weight is 438 g/mol. The Morgan fingerprint density at radius 1 is 1.00 bits per heavy atom. The third-order valence-corrected chi connectivity index (χ3v) is 6.02. The molecule has 8 nitrogen and oxygen atoms in total. The van der Waals surface area contributed by atoms with E-state index in [0.29, 0.717) is 5.95 Å². The second-order valence-corrected chi connectivity index (χ2v) is 8.27. The van der Waals surface area contributed by atoms with Crippen LogP contribution in [0.3, 0.4) is 0 Å². The van der Waals surface area contributed by atoms with Gasteiger partial charge < -0.3 is 10.1 Å². The Bertz CT molecular complexity index is 1440. The Morgan fingerprint density at radius 3 is 2.67 bits per heavy atom. The lowest BCUT2D eigenvalue weighted by Gasteiger charge is -2.13. The predicted octanol–water partition coefficient (Wildman–Crippen LogP) is 4.51. The third kappa shape index (κ3) is 3.50. The van der Waals surface area contributed by atoms with Crippen LogP contribution in [-0.4, -0.2) is 43.8 Å². The minimum atomic E-state index is 0.654. The normalized spacial score (nSPS) is 13.4. The Labute approximate surface area is 190 Å². The molecule has 2 aromatic carbocycles. The molecule has 0 fully saturated rings. The molecule has 8 heteroatoms. The summed E-state index contributed by atoms with van der Waals surface area (Å²) in [5.74, 6) is 2.32. The molecule has 3 aromatic heterocycles. The first kappa shape index (κ1) is 19.5. The number of ether oxygens (including phenoxy) is 1. The predicted molar refractivity (Wildman–Crippen MR) is 128 cm³/mol. The largest absolute Gasteiger partial charge is 0.497 e. The zero-order chi connectivity index (χ0) is 22.4. The zero-order valence-corrected chi connectivity index (χ0v) is 18.4. The Balaban J connectivity index is 1.39. The molecule has 6 rings (SSSR count). The first-order valence-electron chi connectivity index (χ1n) is 10.8. The van der Waals surface area contributed by atoms with Gasteiger partial charge in [-0.05, 0) is 49.0 Å². The second kappa shape index (κ2) is 7.75. The highest BCUT2D eigenvalue weighted by molar-refractivity contribution is 5.83. The van der Waals surface area contributed by atoms with Crippen molar-refractivity contribution in [3.63, 3.8) is 0 Å². The highest BCUT2D eigenvalue weighted by atomic mass is 16.5. The van der Waals surface area contributed by atoms with Gasteiger partial charge in [0.05, 0.1) is 24.5 Å². The van der Waals surface area contributed by atoms with Crippen LogP contribution in [-0.2, 0) is 13.1 Å². The summed E-state index contributed by atoms with van der Waals surface area (Å²) in [4.78, 5) is 12.1. The van der Waals surface area contributed by atoms with Crippen molar-refractivity contribution in [2.75, 3.05) is 19.5 Å². The molecule has 0 aliphatic carbocycles. The molecule has 0 saturated carbocycles. The van der Waals surface area contributed by atoms with E-state index in [1.807, 2.05) is 41.4 Å². The maximum absolute atomic E-state index is 5.37. The van der Waals surface area contributed by atoms with Gasteiger partial charge in [0.1, 0.15) is 11.6 Å². The average Bonchev–Trinajstić information content (AvgIpc) is 3.58. The summed E-state index contributed by atoms with van der Waals surface area (Å²) in [6.07, 6.45) is 5.71. The third-order valence-electron chi connectivity index (χ3n) is 6.02. The fraction of sp³-hybridized carbons (Fsp3) is 0.160. The van der Waals surface area contributed by atoms with E-state index < -0.39 is 0 Å². The van der Waals surface area contributed by atoms with Gasteiger partial charge in [0, 0.05) is 47.7 Å². The summed E-state index contributed by atoms with van der Waals surface area (Å²) in [5.41, 5.74) is 6.37. The molecular formula is C25H23N7O. The summed E-state index contributed by atoms with van der Waals surface area (Å²) >= 11 is 0. The number of benzene rings is 2. The number of aromatic amines is 1. The van der Waals surface area contributed by atoms with Gasteiger partial charge >= 0.3 is 0 Å². The number of methoxy groups -OCH3 is 1. The van der Waals surface area contributed by atoms with E-state index in [9.17, 15) is 0 Å². The molecule has 0 saturated heterocycles. The summed E-state index contributed by atoms with van der Waals surface area (Å²) < 4.78 is 7.39. The fourth-order valence-corrected chi connectivity index (χ4v) is 4.32. The molecule has 5 aromatic rings. The summed E-state index contributed by atoms with van der Waals surface area (Å²) in [5, 5.41) is 11.5. The van der Waals surface area contributed by atoms with Crippen molar-refractivity contribution in [1.29, 1.82) is 0 Å². The lowest BCUT2D eigenvalue weighted by Crippen LogP contribution is -2.08. The summed E-state index contributed by atoms with van der Waals surface area (Å²) in [7, 11) is 3.78. The number of H-pyrrole nitrogens is 1. The minimum Gasteiger partial charge on any atom is -0.497 e. The van der Waals surface area contributed by atoms with Crippen LogP contribution in [0.2, 0.25) is 0 Å². The van der Waals surface area contributed by atoms with Gasteiger partial charge in [0.15, 0.2) is 0 Å². The number of aromatic nitrogens is 5. The lowest BCUT2D eigenvalue weighted by atomic mass is 10.1. The maximum atomic E-state index is 5.37. The highest BCUT2D eigenvalue weighted by Crippen LogP contribution is 2.31. The van der Waals surface area contributed by atoms with E-state index in [1.54, 1.807) is 7.11 Å². The van der Waals surface area contributed by atoms with E-state index in [-0.39, 0.29) is 0 Å². The van der Waals surface area contributed by atoms with Crippen molar-refractivity contribution in [3.8, 4) is 22.8 Å². The summed E-state index contributed by atoms with van der Waals surface area (Å²) in [6, 6.07) is 16.4. The molecule has 4 heterocycles. The van der Waals surface area contributed by atoms with E-state index in [2.05, 4.69) is 57.8 Å². The van der Waals surface area contributed by atoms with E-state index in [1.165, 1.54) is 0 Å². The zero-order valence-electron chi connectivity index (χ0n) is 18.4. The molecule has 0 amide bonds. The first-order chi connectivity index (χ1) is 16.2. The van der Waals surface area contributed by atoms with Crippen LogP contribution >= 0.6 is 0 Å². The lowest BCUT2D eigenvalue weighted by molar-refractivity contribution is 0.351. The van der Waals surface area contributed by atoms with Crippen molar-refractivity contribution < 1.29 is 4.74 Å². The molecule has 0 bridgehead atoms. The van der Waals surface area contributed by atoms with Gasteiger partial charge in [-0.3, -0.25) is 14.6 Å². The monoisotopic (exact) mass is 437 g/mol. The standard InChI is InChI=1S/C25H23N7O/c1-31-14-21-22(15-31)29-25(32-10-9-17-11-20(33-2)7-8-23(17)32)30-24(21)28-19-5-3-16(4-6-19)18-12-26-27-13-18/h3-13H,14-15H2,1-2H3,(H,26,27)(H,28,29,30). The van der Waals surface area contributed by atoms with Crippen molar-refractivity contribution in [3.05, 3.63) is 78.4 Å². The quantitative estimate of drug-likeness (QED) is 0.421. The maximum Gasteiger partial charge on any atom is 0.236 e. The second-order valence-electron chi connectivity index (χ2n) is 8.27. The molecule has 164 valence electrons. The highest BCUT2D eigenvalue weighted by Gasteiger charge is 2.24. The number of hydrogen-bond acceptors (Lipinski definition) is 6.